The van der Waals surface area contributed by atoms with Crippen molar-refractivity contribution in [3.05, 3.63) is 29.8 Å². The number of likely N-dealkylation sites (tertiary alicyclic amines) is 1. The minimum absolute atomic E-state index is 0.000332. The predicted molar refractivity (Wildman–Crippen MR) is 83.1 cm³/mol. The second-order valence-corrected chi connectivity index (χ2v) is 5.61. The third kappa shape index (κ3) is 3.87. The molecule has 1 aliphatic rings. The van der Waals surface area contributed by atoms with Crippen molar-refractivity contribution in [1.82, 2.24) is 4.90 Å². The maximum atomic E-state index is 12.5. The molecule has 2 amide bonds. The van der Waals surface area contributed by atoms with Crippen LogP contribution in [0, 0.1) is 0 Å². The van der Waals surface area contributed by atoms with E-state index in [0.717, 1.165) is 0 Å². The predicted octanol–water partition coefficient (Wildman–Crippen LogP) is 1.09. The molecule has 1 aromatic rings. The number of aliphatic hydroxyl groups is 1. The van der Waals surface area contributed by atoms with Crippen molar-refractivity contribution in [2.75, 3.05) is 18.4 Å². The van der Waals surface area contributed by atoms with Gasteiger partial charge in [0.25, 0.3) is 5.91 Å². The first-order chi connectivity index (χ1) is 10.9. The summed E-state index contributed by atoms with van der Waals surface area (Å²) < 4.78 is 0. The van der Waals surface area contributed by atoms with Crippen LogP contribution >= 0.6 is 0 Å². The van der Waals surface area contributed by atoms with Crippen molar-refractivity contribution in [3.63, 3.8) is 0 Å². The molecular formula is C16H20N2O5. The molecule has 0 aliphatic carbocycles. The van der Waals surface area contributed by atoms with Gasteiger partial charge in [0.2, 0.25) is 5.91 Å². The molecule has 2 rings (SSSR count). The van der Waals surface area contributed by atoms with Crippen LogP contribution in [-0.2, 0) is 9.59 Å². The Kier molecular flexibility index (Phi) is 5.00. The van der Waals surface area contributed by atoms with Gasteiger partial charge < -0.3 is 20.4 Å². The average molecular weight is 320 g/mol. The molecule has 0 bridgehead atoms. The Hall–Kier alpha value is -2.41. The number of nitrogens with zero attached hydrogens (tertiary/aromatic N) is 1. The Bertz CT molecular complexity index is 621. The molecule has 7 nitrogen and oxygen atoms in total. The van der Waals surface area contributed by atoms with Crippen LogP contribution in [0.1, 0.15) is 36.5 Å². The van der Waals surface area contributed by atoms with E-state index in [9.17, 15) is 19.5 Å². The number of anilines is 1. The largest absolute Gasteiger partial charge is 0.479 e. The van der Waals surface area contributed by atoms with Gasteiger partial charge in [0.15, 0.2) is 5.60 Å². The fraction of sp³-hybridized carbons (Fsp3) is 0.438. The zero-order valence-electron chi connectivity index (χ0n) is 12.9. The summed E-state index contributed by atoms with van der Waals surface area (Å²) in [6.07, 6.45) is 0.346. The molecule has 1 heterocycles. The topological polar surface area (TPSA) is 107 Å². The number of rotatable bonds is 4. The van der Waals surface area contributed by atoms with Crippen molar-refractivity contribution in [2.45, 2.75) is 31.8 Å². The van der Waals surface area contributed by atoms with Gasteiger partial charge in [-0.05, 0) is 18.2 Å². The van der Waals surface area contributed by atoms with E-state index in [0.29, 0.717) is 17.7 Å². The van der Waals surface area contributed by atoms with E-state index in [1.165, 1.54) is 4.90 Å². The number of nitrogens with one attached hydrogen (secondary N) is 1. The molecule has 1 aliphatic heterocycles. The molecule has 0 unspecified atom stereocenters. The van der Waals surface area contributed by atoms with Crippen LogP contribution in [0.2, 0.25) is 0 Å². The maximum absolute atomic E-state index is 12.5. The summed E-state index contributed by atoms with van der Waals surface area (Å²) in [7, 11) is 0. The van der Waals surface area contributed by atoms with Crippen molar-refractivity contribution in [2.24, 2.45) is 0 Å². The lowest BCUT2D eigenvalue weighted by Gasteiger charge is -2.35. The normalized spacial score (nSPS) is 16.7. The highest BCUT2D eigenvalue weighted by Gasteiger charge is 2.40. The fourth-order valence-electron chi connectivity index (χ4n) is 2.46. The van der Waals surface area contributed by atoms with Crippen LogP contribution in [0.4, 0.5) is 5.69 Å². The lowest BCUT2D eigenvalue weighted by molar-refractivity contribution is -0.162. The number of amides is 2. The third-order valence-electron chi connectivity index (χ3n) is 3.99. The number of piperidine rings is 1. The van der Waals surface area contributed by atoms with E-state index in [4.69, 9.17) is 5.11 Å². The summed E-state index contributed by atoms with van der Waals surface area (Å²) >= 11 is 0. The van der Waals surface area contributed by atoms with Gasteiger partial charge in [0.1, 0.15) is 0 Å². The van der Waals surface area contributed by atoms with E-state index in [-0.39, 0.29) is 37.7 Å². The van der Waals surface area contributed by atoms with Crippen LogP contribution < -0.4 is 5.32 Å². The standard InChI is InChI=1S/C16H20N2O5/c1-2-13(19)17-12-5-3-4-11(10-12)14(20)18-8-6-16(23,7-9-18)15(21)22/h3-5,10,23H,2,6-9H2,1H3,(H,17,19)(H,21,22). The summed E-state index contributed by atoms with van der Waals surface area (Å²) in [6, 6.07) is 6.61. The van der Waals surface area contributed by atoms with E-state index in [1.807, 2.05) is 0 Å². The van der Waals surface area contributed by atoms with Gasteiger partial charge in [0.05, 0.1) is 0 Å². The number of carbonyl (C=O) groups is 3. The molecule has 1 aromatic carbocycles. The highest BCUT2D eigenvalue weighted by atomic mass is 16.4. The molecule has 124 valence electrons. The van der Waals surface area contributed by atoms with Gasteiger partial charge in [-0.2, -0.15) is 0 Å². The number of carbonyl (C=O) groups excluding carboxylic acids is 2. The zero-order chi connectivity index (χ0) is 17.0. The highest BCUT2D eigenvalue weighted by Crippen LogP contribution is 2.24. The summed E-state index contributed by atoms with van der Waals surface area (Å²) in [5.74, 6) is -1.64. The Labute approximate surface area is 133 Å². The monoisotopic (exact) mass is 320 g/mol. The summed E-state index contributed by atoms with van der Waals surface area (Å²) in [4.78, 5) is 36.4. The van der Waals surface area contributed by atoms with Gasteiger partial charge in [0, 0.05) is 43.6 Å². The molecule has 0 saturated carbocycles. The fourth-order valence-corrected chi connectivity index (χ4v) is 2.46. The van der Waals surface area contributed by atoms with Gasteiger partial charge in [-0.15, -0.1) is 0 Å². The van der Waals surface area contributed by atoms with Crippen molar-refractivity contribution < 1.29 is 24.6 Å². The first-order valence-corrected chi connectivity index (χ1v) is 7.50. The second-order valence-electron chi connectivity index (χ2n) is 5.61. The minimum atomic E-state index is -1.76. The molecule has 23 heavy (non-hydrogen) atoms. The van der Waals surface area contributed by atoms with Gasteiger partial charge in [-0.1, -0.05) is 13.0 Å². The molecule has 1 saturated heterocycles. The Morgan fingerprint density at radius 1 is 1.26 bits per heavy atom. The van der Waals surface area contributed by atoms with E-state index in [2.05, 4.69) is 5.32 Å². The third-order valence-corrected chi connectivity index (χ3v) is 3.99. The Morgan fingerprint density at radius 2 is 1.91 bits per heavy atom. The number of carboxylic acid groups (broad SMARTS) is 1. The zero-order valence-corrected chi connectivity index (χ0v) is 12.9. The first-order valence-electron chi connectivity index (χ1n) is 7.50. The van der Waals surface area contributed by atoms with E-state index < -0.39 is 11.6 Å². The second kappa shape index (κ2) is 6.78. The van der Waals surface area contributed by atoms with Gasteiger partial charge >= 0.3 is 5.97 Å². The summed E-state index contributed by atoms with van der Waals surface area (Å²) in [6.45, 7) is 2.09. The van der Waals surface area contributed by atoms with Gasteiger partial charge in [-0.3, -0.25) is 9.59 Å². The van der Waals surface area contributed by atoms with Crippen LogP contribution in [0.15, 0.2) is 24.3 Å². The molecule has 0 aromatic heterocycles. The van der Waals surface area contributed by atoms with E-state index in [1.54, 1.807) is 31.2 Å². The van der Waals surface area contributed by atoms with E-state index >= 15 is 0 Å². The Balaban J connectivity index is 2.05. The van der Waals surface area contributed by atoms with Crippen LogP contribution in [0.5, 0.6) is 0 Å². The first kappa shape index (κ1) is 17.0. The highest BCUT2D eigenvalue weighted by molar-refractivity contribution is 5.97. The number of hydrogen-bond donors (Lipinski definition) is 3. The maximum Gasteiger partial charge on any atom is 0.335 e. The number of aliphatic carboxylic acids is 1. The number of benzene rings is 1. The quantitative estimate of drug-likeness (QED) is 0.770. The molecule has 0 radical (unpaired) electrons. The molecule has 0 atom stereocenters. The minimum Gasteiger partial charge on any atom is -0.479 e. The molecule has 1 fully saturated rings. The SMILES string of the molecule is CCC(=O)Nc1cccc(C(=O)N2CCC(O)(C(=O)O)CC2)c1. The molecule has 0 spiro atoms. The summed E-state index contributed by atoms with van der Waals surface area (Å²) in [5, 5.41) is 21.6. The Morgan fingerprint density at radius 3 is 2.48 bits per heavy atom. The van der Waals surface area contributed by atoms with Crippen molar-refractivity contribution in [3.8, 4) is 0 Å². The molecule has 3 N–H and O–H groups in total. The average Bonchev–Trinajstić information content (AvgIpc) is 2.55. The molecular weight excluding hydrogens is 300 g/mol. The van der Waals surface area contributed by atoms with Gasteiger partial charge in [-0.25, -0.2) is 4.79 Å². The lowest BCUT2D eigenvalue weighted by Crippen LogP contribution is -2.50. The number of hydrogen-bond acceptors (Lipinski definition) is 4. The van der Waals surface area contributed by atoms with Crippen LogP contribution in [-0.4, -0.2) is 51.6 Å². The van der Waals surface area contributed by atoms with Crippen LogP contribution in [0.25, 0.3) is 0 Å². The lowest BCUT2D eigenvalue weighted by atomic mass is 9.91. The van der Waals surface area contributed by atoms with Crippen LogP contribution in [0.3, 0.4) is 0 Å². The molecule has 7 heteroatoms. The van der Waals surface area contributed by atoms with Crippen molar-refractivity contribution in [1.29, 1.82) is 0 Å². The summed E-state index contributed by atoms with van der Waals surface area (Å²) in [5.41, 5.74) is -0.797. The van der Waals surface area contributed by atoms with Crippen molar-refractivity contribution >= 4 is 23.5 Å². The smallest absolute Gasteiger partial charge is 0.335 e. The number of carboxylic acids is 1.